The monoisotopic (exact) mass is 540 g/mol. The average molecular weight is 541 g/mol. The number of rotatable bonds is 13. The number of carboxylic acids is 1. The molecule has 2 amide bonds. The molecular formula is C30H32N6O4. The number of hydrogen-bond acceptors (Lipinski definition) is 6. The van der Waals surface area contributed by atoms with Crippen LogP contribution in [0.2, 0.25) is 0 Å². The first-order chi connectivity index (χ1) is 19.4. The van der Waals surface area contributed by atoms with Crippen molar-refractivity contribution in [1.82, 2.24) is 30.8 Å². The third kappa shape index (κ3) is 7.59. The first kappa shape index (κ1) is 28.2. The van der Waals surface area contributed by atoms with Crippen molar-refractivity contribution in [3.63, 3.8) is 0 Å². The van der Waals surface area contributed by atoms with Crippen molar-refractivity contribution in [2.45, 2.75) is 45.2 Å². The van der Waals surface area contributed by atoms with Crippen molar-refractivity contribution >= 4 is 17.8 Å². The van der Waals surface area contributed by atoms with Gasteiger partial charge < -0.3 is 15.3 Å². The number of hydrogen-bond donors (Lipinski definition) is 3. The average Bonchev–Trinajstić information content (AvgIpc) is 3.51. The molecule has 206 valence electrons. The molecule has 3 N–H and O–H groups in total. The van der Waals surface area contributed by atoms with Gasteiger partial charge >= 0.3 is 5.97 Å². The molecule has 4 aromatic rings. The number of aliphatic carboxylic acids is 1. The number of benzene rings is 3. The number of H-pyrrole nitrogens is 1. The van der Waals surface area contributed by atoms with Gasteiger partial charge in [-0.15, -0.1) is 10.2 Å². The topological polar surface area (TPSA) is 141 Å². The minimum atomic E-state index is -1.13. The van der Waals surface area contributed by atoms with Crippen LogP contribution in [0.3, 0.4) is 0 Å². The van der Waals surface area contributed by atoms with Crippen LogP contribution >= 0.6 is 0 Å². The number of nitrogens with zero attached hydrogens (tertiary/aromatic N) is 4. The summed E-state index contributed by atoms with van der Waals surface area (Å²) in [7, 11) is 0. The van der Waals surface area contributed by atoms with Gasteiger partial charge in [0.05, 0.1) is 6.54 Å². The molecule has 0 aliphatic heterocycles. The van der Waals surface area contributed by atoms with Gasteiger partial charge in [-0.25, -0.2) is 4.79 Å². The highest BCUT2D eigenvalue weighted by Crippen LogP contribution is 2.29. The standard InChI is InChI=1S/C30H32N6O4/c1-2-3-13-28(38)36(20-27(37)31-26(30(39)40)18-21-9-5-4-6-10-21)19-22-14-16-23(17-15-22)24-11-7-8-12-25(24)29-32-34-35-33-29/h4-12,14-17,26H,2-3,13,18-20H2,1H3,(H,31,37)(H,39,40)(H,32,33,34,35)/t26-/m0/s1. The highest BCUT2D eigenvalue weighted by atomic mass is 16.4. The first-order valence-corrected chi connectivity index (χ1v) is 13.2. The van der Waals surface area contributed by atoms with Crippen molar-refractivity contribution < 1.29 is 19.5 Å². The van der Waals surface area contributed by atoms with Crippen molar-refractivity contribution in [2.24, 2.45) is 0 Å². The van der Waals surface area contributed by atoms with E-state index in [0.29, 0.717) is 18.7 Å². The third-order valence-electron chi connectivity index (χ3n) is 6.50. The van der Waals surface area contributed by atoms with Crippen molar-refractivity contribution in [3.05, 3.63) is 90.0 Å². The van der Waals surface area contributed by atoms with Crippen LogP contribution in [0.1, 0.15) is 37.3 Å². The number of tetrazole rings is 1. The van der Waals surface area contributed by atoms with Crippen LogP contribution in [-0.2, 0) is 27.3 Å². The van der Waals surface area contributed by atoms with E-state index in [4.69, 9.17) is 0 Å². The Balaban J connectivity index is 1.47. The lowest BCUT2D eigenvalue weighted by atomic mass is 9.98. The molecule has 1 atom stereocenters. The van der Waals surface area contributed by atoms with Crippen LogP contribution in [-0.4, -0.2) is 61.0 Å². The van der Waals surface area contributed by atoms with Gasteiger partial charge in [0, 0.05) is 24.9 Å². The zero-order valence-electron chi connectivity index (χ0n) is 22.3. The minimum Gasteiger partial charge on any atom is -0.480 e. The van der Waals surface area contributed by atoms with E-state index in [-0.39, 0.29) is 25.4 Å². The van der Waals surface area contributed by atoms with Crippen LogP contribution in [0.15, 0.2) is 78.9 Å². The summed E-state index contributed by atoms with van der Waals surface area (Å²) >= 11 is 0. The summed E-state index contributed by atoms with van der Waals surface area (Å²) in [6.45, 7) is 1.99. The van der Waals surface area contributed by atoms with Gasteiger partial charge in [0.2, 0.25) is 17.6 Å². The number of aromatic amines is 1. The Kier molecular flexibility index (Phi) is 9.71. The first-order valence-electron chi connectivity index (χ1n) is 13.2. The predicted molar refractivity (Wildman–Crippen MR) is 150 cm³/mol. The molecule has 0 unspecified atom stereocenters. The van der Waals surface area contributed by atoms with Gasteiger partial charge in [-0.2, -0.15) is 5.21 Å². The molecule has 3 aromatic carbocycles. The zero-order valence-corrected chi connectivity index (χ0v) is 22.3. The summed E-state index contributed by atoms with van der Waals surface area (Å²) in [5.74, 6) is -1.31. The lowest BCUT2D eigenvalue weighted by Gasteiger charge is -2.24. The molecule has 0 bridgehead atoms. The van der Waals surface area contributed by atoms with E-state index in [2.05, 4.69) is 25.9 Å². The summed E-state index contributed by atoms with van der Waals surface area (Å²) in [6.07, 6.45) is 2.01. The van der Waals surface area contributed by atoms with E-state index < -0.39 is 17.9 Å². The van der Waals surface area contributed by atoms with Crippen molar-refractivity contribution in [2.75, 3.05) is 6.54 Å². The van der Waals surface area contributed by atoms with Gasteiger partial charge in [-0.1, -0.05) is 92.2 Å². The van der Waals surface area contributed by atoms with Crippen LogP contribution in [0.4, 0.5) is 0 Å². The van der Waals surface area contributed by atoms with E-state index in [0.717, 1.165) is 34.2 Å². The highest BCUT2D eigenvalue weighted by molar-refractivity contribution is 5.88. The maximum Gasteiger partial charge on any atom is 0.326 e. The van der Waals surface area contributed by atoms with Crippen molar-refractivity contribution in [3.8, 4) is 22.5 Å². The summed E-state index contributed by atoms with van der Waals surface area (Å²) < 4.78 is 0. The summed E-state index contributed by atoms with van der Waals surface area (Å²) in [4.78, 5) is 39.3. The van der Waals surface area contributed by atoms with Crippen LogP contribution < -0.4 is 5.32 Å². The quantitative estimate of drug-likeness (QED) is 0.234. The minimum absolute atomic E-state index is 0.151. The number of amides is 2. The second kappa shape index (κ2) is 13.8. The van der Waals surface area contributed by atoms with Gasteiger partial charge in [0.25, 0.3) is 0 Å². The number of unbranched alkanes of at least 4 members (excludes halogenated alkanes) is 1. The number of aromatic nitrogens is 4. The Morgan fingerprint density at radius 1 is 0.925 bits per heavy atom. The molecule has 0 saturated carbocycles. The fraction of sp³-hybridized carbons (Fsp3) is 0.267. The Morgan fingerprint density at radius 3 is 2.27 bits per heavy atom. The molecule has 1 heterocycles. The predicted octanol–water partition coefficient (Wildman–Crippen LogP) is 3.86. The smallest absolute Gasteiger partial charge is 0.326 e. The van der Waals surface area contributed by atoms with Gasteiger partial charge in [0.1, 0.15) is 6.04 Å². The van der Waals surface area contributed by atoms with E-state index in [1.807, 2.05) is 85.8 Å². The van der Waals surface area contributed by atoms with E-state index >= 15 is 0 Å². The van der Waals surface area contributed by atoms with Gasteiger partial charge in [0.15, 0.2) is 0 Å². The lowest BCUT2D eigenvalue weighted by Crippen LogP contribution is -2.47. The fourth-order valence-corrected chi connectivity index (χ4v) is 4.40. The Hall–Kier alpha value is -4.86. The third-order valence-corrected chi connectivity index (χ3v) is 6.50. The number of carbonyl (C=O) groups excluding carboxylic acids is 2. The molecule has 10 heteroatoms. The summed E-state index contributed by atoms with van der Waals surface area (Å²) in [6, 6.07) is 23.5. The Morgan fingerprint density at radius 2 is 1.62 bits per heavy atom. The summed E-state index contributed by atoms with van der Waals surface area (Å²) in [5.41, 5.74) is 4.35. The molecule has 0 saturated heterocycles. The SMILES string of the molecule is CCCCC(=O)N(CC(=O)N[C@@H](Cc1ccccc1)C(=O)O)Cc1ccc(-c2ccccc2-c2nn[nH]n2)cc1. The molecule has 10 nitrogen and oxygen atoms in total. The molecule has 1 aromatic heterocycles. The fourth-order valence-electron chi connectivity index (χ4n) is 4.40. The number of nitrogens with one attached hydrogen (secondary N) is 2. The molecule has 0 radical (unpaired) electrons. The van der Waals surface area contributed by atoms with Crippen LogP contribution in [0.25, 0.3) is 22.5 Å². The maximum absolute atomic E-state index is 13.0. The summed E-state index contributed by atoms with van der Waals surface area (Å²) in [5, 5.41) is 26.6. The normalized spacial score (nSPS) is 11.5. The Bertz CT molecular complexity index is 1410. The van der Waals surface area contributed by atoms with Crippen molar-refractivity contribution in [1.29, 1.82) is 0 Å². The van der Waals surface area contributed by atoms with Crippen LogP contribution in [0.5, 0.6) is 0 Å². The molecule has 4 rings (SSSR count). The highest BCUT2D eigenvalue weighted by Gasteiger charge is 2.23. The molecule has 40 heavy (non-hydrogen) atoms. The van der Waals surface area contributed by atoms with Gasteiger partial charge in [-0.05, 0) is 33.9 Å². The van der Waals surface area contributed by atoms with E-state index in [9.17, 15) is 19.5 Å². The Labute approximate surface area is 232 Å². The lowest BCUT2D eigenvalue weighted by molar-refractivity contribution is -0.142. The number of carboxylic acid groups (broad SMARTS) is 1. The number of carbonyl (C=O) groups is 3. The molecule has 0 aliphatic rings. The molecule has 0 aliphatic carbocycles. The van der Waals surface area contributed by atoms with Gasteiger partial charge in [-0.3, -0.25) is 9.59 Å². The van der Waals surface area contributed by atoms with Crippen LogP contribution in [0, 0.1) is 0 Å². The maximum atomic E-state index is 13.0. The van der Waals surface area contributed by atoms with E-state index in [1.54, 1.807) is 0 Å². The second-order valence-electron chi connectivity index (χ2n) is 9.48. The zero-order chi connectivity index (χ0) is 28.3. The van der Waals surface area contributed by atoms with E-state index in [1.165, 1.54) is 4.90 Å². The largest absolute Gasteiger partial charge is 0.480 e. The molecular weight excluding hydrogens is 508 g/mol. The molecule has 0 spiro atoms. The molecule has 0 fully saturated rings. The second-order valence-corrected chi connectivity index (χ2v) is 9.48.